The SMILES string of the molecule is CCOc1ccc(-n2ncc(N)n2)cc1F. The Morgan fingerprint density at radius 1 is 1.50 bits per heavy atom. The molecule has 84 valence electrons. The van der Waals surface area contributed by atoms with Crippen LogP contribution < -0.4 is 10.5 Å². The van der Waals surface area contributed by atoms with E-state index in [0.717, 1.165) is 0 Å². The van der Waals surface area contributed by atoms with Gasteiger partial charge in [0.05, 0.1) is 18.5 Å². The molecule has 0 unspecified atom stereocenters. The third kappa shape index (κ3) is 1.95. The number of aromatic nitrogens is 3. The average Bonchev–Trinajstić information content (AvgIpc) is 2.68. The summed E-state index contributed by atoms with van der Waals surface area (Å²) in [6.07, 6.45) is 1.40. The molecule has 0 amide bonds. The summed E-state index contributed by atoms with van der Waals surface area (Å²) in [6, 6.07) is 4.49. The number of nitrogens with zero attached hydrogens (tertiary/aromatic N) is 3. The minimum Gasteiger partial charge on any atom is -0.491 e. The zero-order chi connectivity index (χ0) is 11.5. The minimum atomic E-state index is -0.449. The van der Waals surface area contributed by atoms with Crippen LogP contribution in [-0.2, 0) is 0 Å². The molecule has 0 fully saturated rings. The summed E-state index contributed by atoms with van der Waals surface area (Å²) in [6.45, 7) is 2.21. The first-order chi connectivity index (χ1) is 7.70. The van der Waals surface area contributed by atoms with Crippen LogP contribution >= 0.6 is 0 Å². The van der Waals surface area contributed by atoms with Crippen molar-refractivity contribution in [2.75, 3.05) is 12.3 Å². The molecule has 0 saturated carbocycles. The highest BCUT2D eigenvalue weighted by atomic mass is 19.1. The van der Waals surface area contributed by atoms with Gasteiger partial charge in [0.25, 0.3) is 0 Å². The molecule has 0 bridgehead atoms. The van der Waals surface area contributed by atoms with Crippen molar-refractivity contribution in [2.24, 2.45) is 0 Å². The Labute approximate surface area is 91.6 Å². The molecule has 0 spiro atoms. The molecule has 16 heavy (non-hydrogen) atoms. The van der Waals surface area contributed by atoms with E-state index in [1.165, 1.54) is 23.1 Å². The van der Waals surface area contributed by atoms with Gasteiger partial charge in [0.2, 0.25) is 0 Å². The molecule has 5 nitrogen and oxygen atoms in total. The van der Waals surface area contributed by atoms with Gasteiger partial charge in [-0.3, -0.25) is 0 Å². The molecular weight excluding hydrogens is 211 g/mol. The van der Waals surface area contributed by atoms with Crippen LogP contribution in [0, 0.1) is 5.82 Å². The lowest BCUT2D eigenvalue weighted by atomic mass is 10.3. The molecule has 0 radical (unpaired) electrons. The lowest BCUT2D eigenvalue weighted by Gasteiger charge is -2.05. The van der Waals surface area contributed by atoms with Gasteiger partial charge in [0, 0.05) is 6.07 Å². The number of hydrogen-bond donors (Lipinski definition) is 1. The Morgan fingerprint density at radius 2 is 2.31 bits per heavy atom. The average molecular weight is 222 g/mol. The van der Waals surface area contributed by atoms with Crippen molar-refractivity contribution in [1.82, 2.24) is 15.0 Å². The van der Waals surface area contributed by atoms with Gasteiger partial charge >= 0.3 is 0 Å². The molecule has 0 aliphatic rings. The fourth-order valence-corrected chi connectivity index (χ4v) is 1.29. The van der Waals surface area contributed by atoms with E-state index in [4.69, 9.17) is 10.5 Å². The van der Waals surface area contributed by atoms with Crippen LogP contribution in [-0.4, -0.2) is 21.6 Å². The number of nitrogen functional groups attached to an aromatic ring is 1. The first-order valence-electron chi connectivity index (χ1n) is 4.81. The van der Waals surface area contributed by atoms with Crippen LogP contribution in [0.25, 0.3) is 5.69 Å². The van der Waals surface area contributed by atoms with Gasteiger partial charge in [-0.15, -0.1) is 9.90 Å². The summed E-state index contributed by atoms with van der Waals surface area (Å²) in [4.78, 5) is 1.26. The first kappa shape index (κ1) is 10.4. The van der Waals surface area contributed by atoms with E-state index in [1.807, 2.05) is 0 Å². The summed E-state index contributed by atoms with van der Waals surface area (Å²) >= 11 is 0. The maximum absolute atomic E-state index is 13.5. The Hall–Kier alpha value is -2.11. The second kappa shape index (κ2) is 4.18. The Balaban J connectivity index is 2.34. The van der Waals surface area contributed by atoms with Gasteiger partial charge in [-0.2, -0.15) is 5.10 Å². The van der Waals surface area contributed by atoms with Crippen LogP contribution in [0.1, 0.15) is 6.92 Å². The van der Waals surface area contributed by atoms with Gasteiger partial charge in [-0.25, -0.2) is 4.39 Å². The molecule has 2 N–H and O–H groups in total. The topological polar surface area (TPSA) is 66.0 Å². The predicted molar refractivity (Wildman–Crippen MR) is 56.9 cm³/mol. The summed E-state index contributed by atoms with van der Waals surface area (Å²) < 4.78 is 18.6. The molecular formula is C10H11FN4O. The van der Waals surface area contributed by atoms with E-state index in [0.29, 0.717) is 12.3 Å². The Kier molecular flexibility index (Phi) is 2.72. The molecule has 1 heterocycles. The molecule has 0 aliphatic heterocycles. The van der Waals surface area contributed by atoms with Crippen LogP contribution in [0.5, 0.6) is 5.75 Å². The smallest absolute Gasteiger partial charge is 0.167 e. The molecule has 1 aromatic carbocycles. The number of benzene rings is 1. The number of halogens is 1. The van der Waals surface area contributed by atoms with Gasteiger partial charge < -0.3 is 10.5 Å². The lowest BCUT2D eigenvalue weighted by molar-refractivity contribution is 0.321. The normalized spacial score (nSPS) is 10.4. The second-order valence-corrected chi connectivity index (χ2v) is 3.11. The number of ether oxygens (including phenoxy) is 1. The summed E-state index contributed by atoms with van der Waals surface area (Å²) in [5.41, 5.74) is 5.92. The van der Waals surface area contributed by atoms with Crippen LogP contribution in [0.15, 0.2) is 24.4 Å². The molecule has 1 aromatic heterocycles. The molecule has 2 aromatic rings. The standard InChI is InChI=1S/C10H11FN4O/c1-2-16-9-4-3-7(5-8(9)11)15-13-6-10(12)14-15/h3-6H,2H2,1H3,(H2,12,14). The third-order valence-electron chi connectivity index (χ3n) is 1.96. The number of nitrogens with two attached hydrogens (primary N) is 1. The van der Waals surface area contributed by atoms with Crippen LogP contribution in [0.4, 0.5) is 10.2 Å². The Bertz CT molecular complexity index is 497. The number of anilines is 1. The van der Waals surface area contributed by atoms with Gasteiger partial charge in [0.1, 0.15) is 0 Å². The van der Waals surface area contributed by atoms with E-state index in [2.05, 4.69) is 10.2 Å². The summed E-state index contributed by atoms with van der Waals surface area (Å²) in [5.74, 6) is 0.0518. The zero-order valence-electron chi connectivity index (χ0n) is 8.72. The van der Waals surface area contributed by atoms with Crippen molar-refractivity contribution in [3.05, 3.63) is 30.2 Å². The summed E-state index contributed by atoms with van der Waals surface area (Å²) in [5, 5.41) is 7.75. The number of rotatable bonds is 3. The van der Waals surface area contributed by atoms with Gasteiger partial charge in [-0.05, 0) is 19.1 Å². The van der Waals surface area contributed by atoms with Crippen molar-refractivity contribution in [1.29, 1.82) is 0 Å². The highest BCUT2D eigenvalue weighted by molar-refractivity contribution is 5.38. The van der Waals surface area contributed by atoms with E-state index in [1.54, 1.807) is 13.0 Å². The van der Waals surface area contributed by atoms with Crippen molar-refractivity contribution in [2.45, 2.75) is 6.92 Å². The zero-order valence-corrected chi connectivity index (χ0v) is 8.72. The van der Waals surface area contributed by atoms with E-state index in [9.17, 15) is 4.39 Å². The van der Waals surface area contributed by atoms with E-state index < -0.39 is 5.82 Å². The molecule has 2 rings (SSSR count). The van der Waals surface area contributed by atoms with E-state index >= 15 is 0 Å². The quantitative estimate of drug-likeness (QED) is 0.852. The van der Waals surface area contributed by atoms with Crippen LogP contribution in [0.3, 0.4) is 0 Å². The van der Waals surface area contributed by atoms with Crippen molar-refractivity contribution in [3.8, 4) is 11.4 Å². The Morgan fingerprint density at radius 3 is 2.88 bits per heavy atom. The second-order valence-electron chi connectivity index (χ2n) is 3.11. The molecule has 0 atom stereocenters. The highest BCUT2D eigenvalue weighted by Gasteiger charge is 2.06. The largest absolute Gasteiger partial charge is 0.491 e. The fraction of sp³-hybridized carbons (Fsp3) is 0.200. The van der Waals surface area contributed by atoms with Gasteiger partial charge in [-0.1, -0.05) is 0 Å². The molecule has 0 saturated heterocycles. The fourth-order valence-electron chi connectivity index (χ4n) is 1.29. The van der Waals surface area contributed by atoms with Crippen molar-refractivity contribution < 1.29 is 9.13 Å². The lowest BCUT2D eigenvalue weighted by Crippen LogP contribution is -2.01. The van der Waals surface area contributed by atoms with Gasteiger partial charge in [0.15, 0.2) is 17.4 Å². The minimum absolute atomic E-state index is 0.214. The highest BCUT2D eigenvalue weighted by Crippen LogP contribution is 2.19. The maximum Gasteiger partial charge on any atom is 0.167 e. The van der Waals surface area contributed by atoms with Crippen LogP contribution in [0.2, 0.25) is 0 Å². The monoisotopic (exact) mass is 222 g/mol. The van der Waals surface area contributed by atoms with E-state index in [-0.39, 0.29) is 11.6 Å². The first-order valence-corrected chi connectivity index (χ1v) is 4.81. The molecule has 6 heteroatoms. The third-order valence-corrected chi connectivity index (χ3v) is 1.96. The molecule has 0 aliphatic carbocycles. The van der Waals surface area contributed by atoms with Crippen molar-refractivity contribution in [3.63, 3.8) is 0 Å². The summed E-state index contributed by atoms with van der Waals surface area (Å²) in [7, 11) is 0. The van der Waals surface area contributed by atoms with Crippen molar-refractivity contribution >= 4 is 5.82 Å². The number of hydrogen-bond acceptors (Lipinski definition) is 4. The maximum atomic E-state index is 13.5. The predicted octanol–water partition coefficient (Wildman–Crippen LogP) is 1.39.